The van der Waals surface area contributed by atoms with Gasteiger partial charge < -0.3 is 15.6 Å². The summed E-state index contributed by atoms with van der Waals surface area (Å²) in [6, 6.07) is 6.33. The Balaban J connectivity index is 1.97. The van der Waals surface area contributed by atoms with E-state index >= 15 is 0 Å². The fourth-order valence-electron chi connectivity index (χ4n) is 2.57. The summed E-state index contributed by atoms with van der Waals surface area (Å²) in [5, 5.41) is 10.3. The van der Waals surface area contributed by atoms with Crippen molar-refractivity contribution >= 4 is 0 Å². The Kier molecular flexibility index (Phi) is 4.25. The van der Waals surface area contributed by atoms with E-state index in [-0.39, 0.29) is 0 Å². The molecule has 0 bridgehead atoms. The van der Waals surface area contributed by atoms with Gasteiger partial charge in [-0.05, 0) is 36.5 Å². The van der Waals surface area contributed by atoms with Crippen molar-refractivity contribution < 1.29 is 9.84 Å². The van der Waals surface area contributed by atoms with Crippen LogP contribution in [0, 0.1) is 0 Å². The summed E-state index contributed by atoms with van der Waals surface area (Å²) in [4.78, 5) is 0. The van der Waals surface area contributed by atoms with Crippen LogP contribution in [0.3, 0.4) is 0 Å². The number of ether oxygens (including phenoxy) is 1. The minimum Gasteiger partial charge on any atom is -0.493 e. The molecule has 18 heavy (non-hydrogen) atoms. The van der Waals surface area contributed by atoms with Crippen LogP contribution in [-0.4, -0.2) is 23.9 Å². The van der Waals surface area contributed by atoms with E-state index in [1.54, 1.807) is 0 Å². The predicted molar refractivity (Wildman–Crippen MR) is 72.9 cm³/mol. The van der Waals surface area contributed by atoms with E-state index in [9.17, 15) is 5.11 Å². The van der Waals surface area contributed by atoms with Gasteiger partial charge in [0.1, 0.15) is 5.75 Å². The average molecular weight is 249 g/mol. The molecule has 0 saturated carbocycles. The van der Waals surface area contributed by atoms with Crippen LogP contribution < -0.4 is 10.5 Å². The van der Waals surface area contributed by atoms with E-state index in [1.165, 1.54) is 11.1 Å². The third-order valence-electron chi connectivity index (χ3n) is 3.73. The highest BCUT2D eigenvalue weighted by atomic mass is 16.5. The molecule has 0 radical (unpaired) electrons. The summed E-state index contributed by atoms with van der Waals surface area (Å²) < 4.78 is 5.49. The molecule has 1 aliphatic heterocycles. The molecule has 100 valence electrons. The first kappa shape index (κ1) is 13.4. The van der Waals surface area contributed by atoms with Crippen LogP contribution in [0.1, 0.15) is 37.3 Å². The maximum absolute atomic E-state index is 10.3. The SMILES string of the molecule is CCCC(O)(CN)CCc1ccc2c(c1)CCO2. The molecule has 3 N–H and O–H groups in total. The van der Waals surface area contributed by atoms with Gasteiger partial charge >= 0.3 is 0 Å². The first-order valence-electron chi connectivity index (χ1n) is 6.84. The van der Waals surface area contributed by atoms with E-state index in [4.69, 9.17) is 10.5 Å². The van der Waals surface area contributed by atoms with Gasteiger partial charge in [-0.1, -0.05) is 25.5 Å². The maximum Gasteiger partial charge on any atom is 0.122 e. The number of nitrogens with two attached hydrogens (primary N) is 1. The molecule has 0 spiro atoms. The molecule has 1 heterocycles. The summed E-state index contributed by atoms with van der Waals surface area (Å²) in [5.41, 5.74) is 7.53. The van der Waals surface area contributed by atoms with Crippen molar-refractivity contribution in [2.75, 3.05) is 13.2 Å². The maximum atomic E-state index is 10.3. The molecule has 1 aromatic rings. The second-order valence-electron chi connectivity index (χ2n) is 5.22. The minimum atomic E-state index is -0.704. The van der Waals surface area contributed by atoms with Crippen LogP contribution in [0.2, 0.25) is 0 Å². The molecule has 1 atom stereocenters. The van der Waals surface area contributed by atoms with E-state index in [1.807, 2.05) is 6.07 Å². The second-order valence-corrected chi connectivity index (χ2v) is 5.22. The second kappa shape index (κ2) is 5.72. The van der Waals surface area contributed by atoms with E-state index in [2.05, 4.69) is 19.1 Å². The smallest absolute Gasteiger partial charge is 0.122 e. The summed E-state index contributed by atoms with van der Waals surface area (Å²) in [7, 11) is 0. The standard InChI is InChI=1S/C15H23NO2/c1-2-7-15(17,11-16)8-5-12-3-4-14-13(10-12)6-9-18-14/h3-4,10,17H,2,5-9,11,16H2,1H3. The van der Waals surface area contributed by atoms with Crippen molar-refractivity contribution in [2.24, 2.45) is 5.73 Å². The highest BCUT2D eigenvalue weighted by Crippen LogP contribution is 2.27. The zero-order valence-corrected chi connectivity index (χ0v) is 11.1. The first-order valence-corrected chi connectivity index (χ1v) is 6.84. The molecule has 1 aromatic carbocycles. The van der Waals surface area contributed by atoms with Gasteiger partial charge in [0.05, 0.1) is 12.2 Å². The molecule has 1 unspecified atom stereocenters. The molecule has 0 saturated heterocycles. The molecule has 3 heteroatoms. The van der Waals surface area contributed by atoms with Crippen LogP contribution in [0.25, 0.3) is 0 Å². The van der Waals surface area contributed by atoms with Gasteiger partial charge in [0.15, 0.2) is 0 Å². The van der Waals surface area contributed by atoms with Gasteiger partial charge in [0, 0.05) is 13.0 Å². The van der Waals surface area contributed by atoms with Crippen LogP contribution in [-0.2, 0) is 12.8 Å². The normalized spacial score (nSPS) is 17.1. The van der Waals surface area contributed by atoms with E-state index < -0.39 is 5.60 Å². The molecule has 0 amide bonds. The fraction of sp³-hybridized carbons (Fsp3) is 0.600. The highest BCUT2D eigenvalue weighted by Gasteiger charge is 2.23. The van der Waals surface area contributed by atoms with Gasteiger partial charge in [0.2, 0.25) is 0 Å². The lowest BCUT2D eigenvalue weighted by Crippen LogP contribution is -2.38. The van der Waals surface area contributed by atoms with Crippen molar-refractivity contribution in [3.05, 3.63) is 29.3 Å². The number of hydrogen-bond acceptors (Lipinski definition) is 3. The lowest BCUT2D eigenvalue weighted by atomic mass is 9.90. The lowest BCUT2D eigenvalue weighted by molar-refractivity contribution is 0.0312. The summed E-state index contributed by atoms with van der Waals surface area (Å²) in [6.45, 7) is 3.21. The molecule has 0 fully saturated rings. The zero-order valence-electron chi connectivity index (χ0n) is 11.1. The Hall–Kier alpha value is -1.06. The molecule has 3 nitrogen and oxygen atoms in total. The Labute approximate surface area is 109 Å². The van der Waals surface area contributed by atoms with Crippen LogP contribution >= 0.6 is 0 Å². The van der Waals surface area contributed by atoms with Crippen LogP contribution in [0.5, 0.6) is 5.75 Å². The fourth-order valence-corrected chi connectivity index (χ4v) is 2.57. The van der Waals surface area contributed by atoms with Crippen molar-refractivity contribution in [3.63, 3.8) is 0 Å². The predicted octanol–water partition coefficient (Wildman–Crippen LogP) is 2.04. The Morgan fingerprint density at radius 3 is 2.94 bits per heavy atom. The highest BCUT2D eigenvalue weighted by molar-refractivity contribution is 5.39. The summed E-state index contributed by atoms with van der Waals surface area (Å²) >= 11 is 0. The topological polar surface area (TPSA) is 55.5 Å². The molecule has 0 aliphatic carbocycles. The quantitative estimate of drug-likeness (QED) is 0.811. The van der Waals surface area contributed by atoms with Gasteiger partial charge in [-0.2, -0.15) is 0 Å². The van der Waals surface area contributed by atoms with Gasteiger partial charge in [-0.25, -0.2) is 0 Å². The number of rotatable bonds is 6. The van der Waals surface area contributed by atoms with E-state index in [0.29, 0.717) is 6.54 Å². The number of aryl methyl sites for hydroxylation is 1. The molecular formula is C15H23NO2. The minimum absolute atomic E-state index is 0.342. The monoisotopic (exact) mass is 249 g/mol. The van der Waals surface area contributed by atoms with Crippen LogP contribution in [0.15, 0.2) is 18.2 Å². The third-order valence-corrected chi connectivity index (χ3v) is 3.73. The zero-order chi connectivity index (χ0) is 13.0. The molecular weight excluding hydrogens is 226 g/mol. The number of aliphatic hydroxyl groups is 1. The molecule has 1 aliphatic rings. The molecule has 0 aromatic heterocycles. The summed E-state index contributed by atoms with van der Waals surface area (Å²) in [5.74, 6) is 1.02. The van der Waals surface area contributed by atoms with Crippen molar-refractivity contribution in [1.29, 1.82) is 0 Å². The first-order chi connectivity index (χ1) is 8.67. The van der Waals surface area contributed by atoms with Crippen LogP contribution in [0.4, 0.5) is 0 Å². The number of benzene rings is 1. The Morgan fingerprint density at radius 2 is 2.22 bits per heavy atom. The average Bonchev–Trinajstić information content (AvgIpc) is 2.84. The van der Waals surface area contributed by atoms with Gasteiger partial charge in [0.25, 0.3) is 0 Å². The van der Waals surface area contributed by atoms with E-state index in [0.717, 1.165) is 44.5 Å². The third kappa shape index (κ3) is 3.03. The largest absolute Gasteiger partial charge is 0.493 e. The Morgan fingerprint density at radius 1 is 1.39 bits per heavy atom. The molecule has 2 rings (SSSR count). The van der Waals surface area contributed by atoms with Crippen molar-refractivity contribution in [2.45, 2.75) is 44.6 Å². The summed E-state index contributed by atoms with van der Waals surface area (Å²) in [6.07, 6.45) is 4.35. The lowest BCUT2D eigenvalue weighted by Gasteiger charge is -2.26. The number of fused-ring (bicyclic) bond motifs is 1. The van der Waals surface area contributed by atoms with Gasteiger partial charge in [-0.3, -0.25) is 0 Å². The van der Waals surface area contributed by atoms with Gasteiger partial charge in [-0.15, -0.1) is 0 Å². The van der Waals surface area contributed by atoms with Crippen molar-refractivity contribution in [3.8, 4) is 5.75 Å². The van der Waals surface area contributed by atoms with Crippen molar-refractivity contribution in [1.82, 2.24) is 0 Å². The number of hydrogen-bond donors (Lipinski definition) is 2. The Bertz CT molecular complexity index is 405.